The van der Waals surface area contributed by atoms with Gasteiger partial charge in [0.25, 0.3) is 0 Å². The zero-order valence-corrected chi connectivity index (χ0v) is 7.55. The van der Waals surface area contributed by atoms with Crippen molar-refractivity contribution in [3.63, 3.8) is 0 Å². The molecule has 0 atom stereocenters. The van der Waals surface area contributed by atoms with Crippen LogP contribution in [0.15, 0.2) is 36.5 Å². The molecule has 0 fully saturated rings. The number of hydrogen-bond donors (Lipinski definition) is 0. The third kappa shape index (κ3) is 1.83. The smallest absolute Gasteiger partial charge is 0.159 e. The lowest BCUT2D eigenvalue weighted by Gasteiger charge is -2.02. The van der Waals surface area contributed by atoms with Crippen molar-refractivity contribution in [2.45, 2.75) is 0 Å². The van der Waals surface area contributed by atoms with E-state index in [1.165, 1.54) is 24.4 Å². The summed E-state index contributed by atoms with van der Waals surface area (Å²) in [4.78, 5) is 3.76. The molecule has 0 spiro atoms. The van der Waals surface area contributed by atoms with Gasteiger partial charge in [0.05, 0.1) is 0 Å². The quantitative estimate of drug-likeness (QED) is 0.702. The maximum absolute atomic E-state index is 13.2. The van der Waals surface area contributed by atoms with Gasteiger partial charge in [0.2, 0.25) is 0 Å². The highest BCUT2D eigenvalue weighted by Gasteiger charge is 2.08. The Bertz CT molecular complexity index is 497. The van der Waals surface area contributed by atoms with Crippen LogP contribution in [0.3, 0.4) is 0 Å². The van der Waals surface area contributed by atoms with Gasteiger partial charge in [0.1, 0.15) is 11.5 Å². The molecule has 1 aromatic carbocycles. The van der Waals surface area contributed by atoms with Crippen LogP contribution >= 0.6 is 0 Å². The Labute approximate surface area is 84.2 Å². The number of pyridine rings is 1. The SMILES string of the molecule is Fc1ccc(-c2ncccc2F)cc1F. The van der Waals surface area contributed by atoms with Gasteiger partial charge in [-0.3, -0.25) is 4.98 Å². The molecule has 1 aromatic heterocycles. The van der Waals surface area contributed by atoms with Crippen molar-refractivity contribution in [2.24, 2.45) is 0 Å². The molecule has 0 aliphatic rings. The molecule has 0 unspecified atom stereocenters. The molecule has 76 valence electrons. The molecule has 0 N–H and O–H groups in total. The first-order valence-corrected chi connectivity index (χ1v) is 4.24. The maximum Gasteiger partial charge on any atom is 0.159 e. The summed E-state index contributed by atoms with van der Waals surface area (Å²) in [6.45, 7) is 0. The average Bonchev–Trinajstić information content (AvgIpc) is 2.23. The van der Waals surface area contributed by atoms with Crippen molar-refractivity contribution in [2.75, 3.05) is 0 Å². The van der Waals surface area contributed by atoms with Crippen LogP contribution in [0.1, 0.15) is 0 Å². The molecule has 0 amide bonds. The summed E-state index contributed by atoms with van der Waals surface area (Å²) in [6.07, 6.45) is 1.39. The summed E-state index contributed by atoms with van der Waals surface area (Å²) >= 11 is 0. The first-order valence-electron chi connectivity index (χ1n) is 4.24. The fraction of sp³-hybridized carbons (Fsp3) is 0. The fourth-order valence-corrected chi connectivity index (χ4v) is 1.24. The van der Waals surface area contributed by atoms with E-state index >= 15 is 0 Å². The van der Waals surface area contributed by atoms with Gasteiger partial charge in [0, 0.05) is 11.8 Å². The maximum atomic E-state index is 13.2. The summed E-state index contributed by atoms with van der Waals surface area (Å²) in [7, 11) is 0. The summed E-state index contributed by atoms with van der Waals surface area (Å²) in [5.41, 5.74) is 0.225. The second-order valence-electron chi connectivity index (χ2n) is 2.96. The molecule has 15 heavy (non-hydrogen) atoms. The molecule has 0 saturated carbocycles. The van der Waals surface area contributed by atoms with Crippen LogP contribution in [-0.4, -0.2) is 4.98 Å². The third-order valence-electron chi connectivity index (χ3n) is 1.95. The predicted molar refractivity (Wildman–Crippen MR) is 49.5 cm³/mol. The van der Waals surface area contributed by atoms with E-state index in [-0.39, 0.29) is 11.3 Å². The van der Waals surface area contributed by atoms with E-state index in [0.717, 1.165) is 12.1 Å². The Balaban J connectivity index is 2.55. The van der Waals surface area contributed by atoms with Gasteiger partial charge in [-0.05, 0) is 30.3 Å². The second-order valence-corrected chi connectivity index (χ2v) is 2.96. The number of rotatable bonds is 1. The highest BCUT2D eigenvalue weighted by atomic mass is 19.2. The predicted octanol–water partition coefficient (Wildman–Crippen LogP) is 3.17. The zero-order valence-electron chi connectivity index (χ0n) is 7.55. The molecule has 1 heterocycles. The van der Waals surface area contributed by atoms with Crippen molar-refractivity contribution in [3.8, 4) is 11.3 Å². The lowest BCUT2D eigenvalue weighted by atomic mass is 10.1. The summed E-state index contributed by atoms with van der Waals surface area (Å²) < 4.78 is 38.7. The topological polar surface area (TPSA) is 12.9 Å². The van der Waals surface area contributed by atoms with Gasteiger partial charge in [0.15, 0.2) is 11.6 Å². The molecule has 2 rings (SSSR count). The monoisotopic (exact) mass is 209 g/mol. The van der Waals surface area contributed by atoms with Crippen molar-refractivity contribution in [1.82, 2.24) is 4.98 Å². The van der Waals surface area contributed by atoms with Crippen molar-refractivity contribution >= 4 is 0 Å². The Morgan fingerprint density at radius 1 is 0.867 bits per heavy atom. The van der Waals surface area contributed by atoms with Crippen LogP contribution in [0.5, 0.6) is 0 Å². The van der Waals surface area contributed by atoms with E-state index in [1.54, 1.807) is 0 Å². The van der Waals surface area contributed by atoms with E-state index in [4.69, 9.17) is 0 Å². The molecule has 2 aromatic rings. The molecule has 0 aliphatic carbocycles. The number of halogens is 3. The average molecular weight is 209 g/mol. The number of benzene rings is 1. The van der Waals surface area contributed by atoms with Gasteiger partial charge >= 0.3 is 0 Å². The highest BCUT2D eigenvalue weighted by Crippen LogP contribution is 2.21. The second kappa shape index (κ2) is 3.73. The lowest BCUT2D eigenvalue weighted by molar-refractivity contribution is 0.509. The molecule has 4 heteroatoms. The van der Waals surface area contributed by atoms with E-state index in [0.29, 0.717) is 0 Å². The van der Waals surface area contributed by atoms with Crippen LogP contribution < -0.4 is 0 Å². The van der Waals surface area contributed by atoms with Crippen LogP contribution in [0.4, 0.5) is 13.2 Å². The Morgan fingerprint density at radius 2 is 1.67 bits per heavy atom. The van der Waals surface area contributed by atoms with E-state index in [1.807, 2.05) is 0 Å². The Hall–Kier alpha value is -1.84. The van der Waals surface area contributed by atoms with Crippen LogP contribution in [0, 0.1) is 17.5 Å². The minimum absolute atomic E-state index is 0.0106. The standard InChI is InChI=1S/C11H6F3N/c12-8-4-3-7(6-10(8)14)11-9(13)2-1-5-15-11/h1-6H. The normalized spacial score (nSPS) is 10.3. The van der Waals surface area contributed by atoms with Gasteiger partial charge in [-0.1, -0.05) is 0 Å². The van der Waals surface area contributed by atoms with Gasteiger partial charge in [-0.2, -0.15) is 0 Å². The van der Waals surface area contributed by atoms with E-state index < -0.39 is 17.5 Å². The number of hydrogen-bond acceptors (Lipinski definition) is 1. The van der Waals surface area contributed by atoms with Crippen LogP contribution in [0.25, 0.3) is 11.3 Å². The fourth-order valence-electron chi connectivity index (χ4n) is 1.24. The molecular weight excluding hydrogens is 203 g/mol. The Morgan fingerprint density at radius 3 is 2.33 bits per heavy atom. The first kappa shape index (κ1) is 9.71. The summed E-state index contributed by atoms with van der Waals surface area (Å²) in [6, 6.07) is 5.78. The van der Waals surface area contributed by atoms with Crippen molar-refractivity contribution in [3.05, 3.63) is 54.0 Å². The molecule has 1 nitrogen and oxygen atoms in total. The highest BCUT2D eigenvalue weighted by molar-refractivity contribution is 5.59. The van der Waals surface area contributed by atoms with Crippen LogP contribution in [-0.2, 0) is 0 Å². The van der Waals surface area contributed by atoms with Crippen molar-refractivity contribution in [1.29, 1.82) is 0 Å². The van der Waals surface area contributed by atoms with E-state index in [9.17, 15) is 13.2 Å². The molecule has 0 aliphatic heterocycles. The summed E-state index contributed by atoms with van der Waals surface area (Å²) in [5.74, 6) is -2.55. The molecule has 0 saturated heterocycles. The number of nitrogens with zero attached hydrogens (tertiary/aromatic N) is 1. The Kier molecular flexibility index (Phi) is 2.41. The lowest BCUT2D eigenvalue weighted by Crippen LogP contribution is -1.90. The van der Waals surface area contributed by atoms with Gasteiger partial charge in [-0.25, -0.2) is 13.2 Å². The minimum Gasteiger partial charge on any atom is -0.253 e. The summed E-state index contributed by atoms with van der Waals surface area (Å²) in [5, 5.41) is 0. The van der Waals surface area contributed by atoms with E-state index in [2.05, 4.69) is 4.98 Å². The largest absolute Gasteiger partial charge is 0.253 e. The van der Waals surface area contributed by atoms with Crippen LogP contribution in [0.2, 0.25) is 0 Å². The molecule has 0 radical (unpaired) electrons. The molecule has 0 bridgehead atoms. The third-order valence-corrected chi connectivity index (χ3v) is 1.95. The zero-order chi connectivity index (χ0) is 10.8. The number of aromatic nitrogens is 1. The first-order chi connectivity index (χ1) is 7.18. The van der Waals surface area contributed by atoms with Gasteiger partial charge in [-0.15, -0.1) is 0 Å². The minimum atomic E-state index is -1.02. The van der Waals surface area contributed by atoms with Gasteiger partial charge < -0.3 is 0 Å². The molecular formula is C11H6F3N. The van der Waals surface area contributed by atoms with Crippen molar-refractivity contribution < 1.29 is 13.2 Å².